The highest BCUT2D eigenvalue weighted by atomic mass is 16.2. The Bertz CT molecular complexity index is 1350. The lowest BCUT2D eigenvalue weighted by atomic mass is 10.0. The van der Waals surface area contributed by atoms with E-state index in [1.807, 2.05) is 6.92 Å². The van der Waals surface area contributed by atoms with E-state index < -0.39 is 48.0 Å². The second kappa shape index (κ2) is 12.2. The van der Waals surface area contributed by atoms with Crippen LogP contribution in [0.5, 0.6) is 0 Å². The minimum Gasteiger partial charge on any atom is -0.345 e. The van der Waals surface area contributed by atoms with Gasteiger partial charge in [0, 0.05) is 18.9 Å². The fourth-order valence-electron chi connectivity index (χ4n) is 4.41. The Kier molecular flexibility index (Phi) is 9.08. The zero-order chi connectivity index (χ0) is 28.9. The van der Waals surface area contributed by atoms with Crippen LogP contribution in [-0.2, 0) is 28.8 Å². The number of Topliss-reactive ketones (excluding diaryl/α,β-unsaturated/α-hetero) is 2. The summed E-state index contributed by atoms with van der Waals surface area (Å²) in [7, 11) is 0. The van der Waals surface area contributed by atoms with Gasteiger partial charge in [0.15, 0.2) is 0 Å². The maximum Gasteiger partial charge on any atom is 0.293 e. The summed E-state index contributed by atoms with van der Waals surface area (Å²) in [6, 6.07) is 8.92. The third-order valence-corrected chi connectivity index (χ3v) is 6.23. The van der Waals surface area contributed by atoms with Crippen molar-refractivity contribution in [2.45, 2.75) is 46.2 Å². The molecule has 0 saturated carbocycles. The van der Waals surface area contributed by atoms with Crippen molar-refractivity contribution in [2.24, 2.45) is 0 Å². The molecule has 0 aromatic heterocycles. The van der Waals surface area contributed by atoms with E-state index in [0.717, 1.165) is 10.5 Å². The van der Waals surface area contributed by atoms with E-state index in [2.05, 4.69) is 10.6 Å². The van der Waals surface area contributed by atoms with Crippen LogP contribution in [0.4, 0.5) is 11.4 Å². The third kappa shape index (κ3) is 6.81. The molecule has 2 N–H and O–H groups in total. The van der Waals surface area contributed by atoms with E-state index in [1.54, 1.807) is 37.3 Å². The molecule has 0 bridgehead atoms. The molecule has 39 heavy (non-hydrogen) atoms. The fraction of sp³-hybridized carbons (Fsp3) is 0.321. The number of amides is 4. The molecule has 0 aliphatic carbocycles. The number of hydrogen-bond donors (Lipinski definition) is 2. The molecule has 0 spiro atoms. The number of aldehydes is 1. The van der Waals surface area contributed by atoms with Gasteiger partial charge in [-0.2, -0.15) is 0 Å². The maximum absolute atomic E-state index is 13.7. The summed E-state index contributed by atoms with van der Waals surface area (Å²) in [5.74, 6) is -4.09. The zero-order valence-corrected chi connectivity index (χ0v) is 22.1. The van der Waals surface area contributed by atoms with Gasteiger partial charge in [0.25, 0.3) is 11.8 Å². The van der Waals surface area contributed by atoms with Crippen LogP contribution >= 0.6 is 0 Å². The SMILES string of the molecule is CC(=O)C[C@@H](C=O)NC(=O)CN1C(=O)[C@@H](NC(=O)C(=O)c2ccc(C)cc2C)CN(C(C)=O)c2ccccc21. The standard InChI is InChI=1S/C28H30N4O7/c1-16-9-10-21(17(2)11-16)26(37)27(38)30-22-13-31(19(4)35)23-7-5-6-8-24(23)32(28(22)39)14-25(36)29-20(15-33)12-18(3)34/h5-11,15,20,22H,12-14H2,1-4H3,(H,29,36)(H,30,38)/t20-,22-/m0/s1. The van der Waals surface area contributed by atoms with Gasteiger partial charge in [-0.15, -0.1) is 0 Å². The Morgan fingerprint density at radius 1 is 1.03 bits per heavy atom. The number of carbonyl (C=O) groups excluding carboxylic acids is 7. The normalized spacial score (nSPS) is 15.5. The van der Waals surface area contributed by atoms with Crippen molar-refractivity contribution in [3.05, 3.63) is 59.2 Å². The van der Waals surface area contributed by atoms with E-state index in [4.69, 9.17) is 0 Å². The topological polar surface area (TPSA) is 150 Å². The largest absolute Gasteiger partial charge is 0.345 e. The van der Waals surface area contributed by atoms with Crippen LogP contribution in [0.2, 0.25) is 0 Å². The molecule has 0 saturated heterocycles. The van der Waals surface area contributed by atoms with Crippen molar-refractivity contribution in [2.75, 3.05) is 22.9 Å². The van der Waals surface area contributed by atoms with Gasteiger partial charge in [-0.25, -0.2) is 0 Å². The first kappa shape index (κ1) is 28.9. The Labute approximate surface area is 225 Å². The predicted octanol–water partition coefficient (Wildman–Crippen LogP) is 1.03. The Morgan fingerprint density at radius 3 is 2.28 bits per heavy atom. The van der Waals surface area contributed by atoms with Gasteiger partial charge in [0.1, 0.15) is 24.7 Å². The maximum atomic E-state index is 13.7. The molecule has 11 heteroatoms. The molecule has 0 radical (unpaired) electrons. The van der Waals surface area contributed by atoms with E-state index in [9.17, 15) is 33.6 Å². The summed E-state index contributed by atoms with van der Waals surface area (Å²) in [4.78, 5) is 90.1. The Balaban J connectivity index is 1.93. The molecular weight excluding hydrogens is 504 g/mol. The van der Waals surface area contributed by atoms with Gasteiger partial charge in [-0.1, -0.05) is 35.9 Å². The molecule has 11 nitrogen and oxygen atoms in total. The first-order valence-electron chi connectivity index (χ1n) is 12.3. The Hall–Kier alpha value is -4.67. The van der Waals surface area contributed by atoms with Gasteiger partial charge in [-0.05, 0) is 38.5 Å². The number of nitrogens with zero attached hydrogens (tertiary/aromatic N) is 2. The van der Waals surface area contributed by atoms with Crippen molar-refractivity contribution in [1.82, 2.24) is 10.6 Å². The lowest BCUT2D eigenvalue weighted by Crippen LogP contribution is -2.55. The molecule has 1 aliphatic heterocycles. The van der Waals surface area contributed by atoms with Gasteiger partial charge >= 0.3 is 0 Å². The molecule has 2 aromatic rings. The number of hydrogen-bond acceptors (Lipinski definition) is 7. The minimum absolute atomic E-state index is 0.174. The molecule has 1 heterocycles. The lowest BCUT2D eigenvalue weighted by Gasteiger charge is -2.25. The number of nitrogens with one attached hydrogen (secondary N) is 2. The quantitative estimate of drug-likeness (QED) is 0.277. The van der Waals surface area contributed by atoms with Gasteiger partial charge in [0.2, 0.25) is 17.6 Å². The van der Waals surface area contributed by atoms with E-state index in [1.165, 1.54) is 30.9 Å². The summed E-state index contributed by atoms with van der Waals surface area (Å²) in [5, 5.41) is 4.86. The smallest absolute Gasteiger partial charge is 0.293 e. The second-order valence-corrected chi connectivity index (χ2v) is 9.43. The molecule has 4 amide bonds. The van der Waals surface area contributed by atoms with Crippen molar-refractivity contribution in [1.29, 1.82) is 0 Å². The fourth-order valence-corrected chi connectivity index (χ4v) is 4.41. The number of para-hydroxylation sites is 2. The first-order chi connectivity index (χ1) is 18.4. The highest BCUT2D eigenvalue weighted by Crippen LogP contribution is 2.32. The van der Waals surface area contributed by atoms with E-state index in [0.29, 0.717) is 17.5 Å². The average Bonchev–Trinajstić information content (AvgIpc) is 2.98. The molecule has 1 aliphatic rings. The van der Waals surface area contributed by atoms with Crippen molar-refractivity contribution >= 4 is 52.9 Å². The van der Waals surface area contributed by atoms with Crippen molar-refractivity contribution in [3.63, 3.8) is 0 Å². The third-order valence-electron chi connectivity index (χ3n) is 6.23. The molecule has 3 rings (SSSR count). The molecule has 204 valence electrons. The predicted molar refractivity (Wildman–Crippen MR) is 142 cm³/mol. The summed E-state index contributed by atoms with van der Waals surface area (Å²) >= 11 is 0. The first-order valence-corrected chi connectivity index (χ1v) is 12.3. The highest BCUT2D eigenvalue weighted by Gasteiger charge is 2.38. The van der Waals surface area contributed by atoms with Crippen LogP contribution in [0.15, 0.2) is 42.5 Å². The van der Waals surface area contributed by atoms with Crippen molar-refractivity contribution < 1.29 is 33.6 Å². The molecule has 0 fully saturated rings. The number of fused-ring (bicyclic) bond motifs is 1. The average molecular weight is 535 g/mol. The van der Waals surface area contributed by atoms with Gasteiger partial charge in [0.05, 0.1) is 24.0 Å². The highest BCUT2D eigenvalue weighted by molar-refractivity contribution is 6.43. The van der Waals surface area contributed by atoms with E-state index >= 15 is 0 Å². The minimum atomic E-state index is -1.37. The summed E-state index contributed by atoms with van der Waals surface area (Å²) < 4.78 is 0. The van der Waals surface area contributed by atoms with Crippen LogP contribution in [0.25, 0.3) is 0 Å². The number of anilines is 2. The van der Waals surface area contributed by atoms with Crippen molar-refractivity contribution in [3.8, 4) is 0 Å². The zero-order valence-electron chi connectivity index (χ0n) is 22.1. The summed E-state index contributed by atoms with van der Waals surface area (Å²) in [6.45, 7) is 5.26. The summed E-state index contributed by atoms with van der Waals surface area (Å²) in [5.41, 5.74) is 2.22. The number of rotatable bonds is 9. The second-order valence-electron chi connectivity index (χ2n) is 9.43. The number of benzene rings is 2. The van der Waals surface area contributed by atoms with Crippen LogP contribution in [-0.4, -0.2) is 66.7 Å². The van der Waals surface area contributed by atoms with Crippen LogP contribution in [0.1, 0.15) is 41.8 Å². The van der Waals surface area contributed by atoms with Gasteiger partial charge < -0.3 is 20.3 Å². The van der Waals surface area contributed by atoms with Gasteiger partial charge in [-0.3, -0.25) is 33.7 Å². The van der Waals surface area contributed by atoms with Crippen LogP contribution in [0, 0.1) is 13.8 Å². The Morgan fingerprint density at radius 2 is 1.69 bits per heavy atom. The monoisotopic (exact) mass is 534 g/mol. The summed E-state index contributed by atoms with van der Waals surface area (Å²) in [6.07, 6.45) is 0.216. The molecular formula is C28H30N4O7. The molecule has 2 aromatic carbocycles. The number of aryl methyl sites for hydroxylation is 2. The van der Waals surface area contributed by atoms with E-state index in [-0.39, 0.29) is 30.0 Å². The molecule has 2 atom stereocenters. The number of ketones is 2. The van der Waals surface area contributed by atoms with Crippen LogP contribution in [0.3, 0.4) is 0 Å². The number of carbonyl (C=O) groups is 7. The lowest BCUT2D eigenvalue weighted by molar-refractivity contribution is -0.128. The molecule has 0 unspecified atom stereocenters. The van der Waals surface area contributed by atoms with Crippen LogP contribution < -0.4 is 20.4 Å².